The fourth-order valence-electron chi connectivity index (χ4n) is 4.88. The lowest BCUT2D eigenvalue weighted by atomic mass is 10.1. The van der Waals surface area contributed by atoms with E-state index in [0.29, 0.717) is 17.4 Å². The standard InChI is InChI=1S/C42H74NO8P/c1-6-8-10-12-14-16-18-19-20-21-22-23-25-27-29-31-33-35-42(45)51-40(39-50-52(46,47)49-37-36-43(3,4)5)38-48-41(44)34-32-30-28-26-24-17-15-13-11-9-7-2/h10,12,16,18,20-21,23,25,29,31,40H,6-9,11,13-15,17,19,22,24,26-28,30,32-39H2,1-5H3/p+1/b12-10-,18-16-,21-20-,25-23-,31-29-. The summed E-state index contributed by atoms with van der Waals surface area (Å²) in [5.74, 6) is -0.900. The van der Waals surface area contributed by atoms with Gasteiger partial charge >= 0.3 is 19.8 Å². The van der Waals surface area contributed by atoms with Crippen LogP contribution in [0.15, 0.2) is 60.8 Å². The molecule has 0 saturated heterocycles. The molecule has 0 fully saturated rings. The third-order valence-corrected chi connectivity index (χ3v) is 9.03. The van der Waals surface area contributed by atoms with Crippen molar-refractivity contribution < 1.29 is 42.1 Å². The number of rotatable bonds is 35. The molecule has 0 radical (unpaired) electrons. The minimum absolute atomic E-state index is 0.0168. The van der Waals surface area contributed by atoms with Gasteiger partial charge in [0.2, 0.25) is 0 Å². The van der Waals surface area contributed by atoms with Crippen LogP contribution in [0, 0.1) is 0 Å². The van der Waals surface area contributed by atoms with Gasteiger partial charge in [0.05, 0.1) is 27.7 Å². The molecule has 0 aliphatic rings. The summed E-state index contributed by atoms with van der Waals surface area (Å²) in [6.45, 7) is 4.23. The Hall–Kier alpha value is -2.29. The first-order chi connectivity index (χ1) is 25.0. The van der Waals surface area contributed by atoms with Crippen molar-refractivity contribution in [3.05, 3.63) is 60.8 Å². The number of nitrogens with zero attached hydrogens (tertiary/aromatic N) is 1. The summed E-state index contributed by atoms with van der Waals surface area (Å²) < 4.78 is 34.1. The van der Waals surface area contributed by atoms with E-state index in [0.717, 1.165) is 51.4 Å². The summed E-state index contributed by atoms with van der Waals surface area (Å²) >= 11 is 0. The Morgan fingerprint density at radius 1 is 0.596 bits per heavy atom. The van der Waals surface area contributed by atoms with Crippen molar-refractivity contribution in [2.45, 2.75) is 148 Å². The number of esters is 2. The second-order valence-corrected chi connectivity index (χ2v) is 15.8. The number of carbonyl (C=O) groups is 2. The van der Waals surface area contributed by atoms with Gasteiger partial charge in [0.25, 0.3) is 0 Å². The van der Waals surface area contributed by atoms with Crippen molar-refractivity contribution in [1.29, 1.82) is 0 Å². The lowest BCUT2D eigenvalue weighted by Gasteiger charge is -2.24. The third kappa shape index (κ3) is 37.5. The van der Waals surface area contributed by atoms with E-state index in [4.69, 9.17) is 18.5 Å². The molecule has 0 aliphatic carbocycles. The summed E-state index contributed by atoms with van der Waals surface area (Å²) in [5, 5.41) is 0. The van der Waals surface area contributed by atoms with E-state index in [9.17, 15) is 19.0 Å². The van der Waals surface area contributed by atoms with Gasteiger partial charge in [-0.05, 0) is 44.9 Å². The Balaban J connectivity index is 4.56. The van der Waals surface area contributed by atoms with Crippen LogP contribution < -0.4 is 0 Å². The first-order valence-electron chi connectivity index (χ1n) is 20.0. The minimum Gasteiger partial charge on any atom is -0.462 e. The fraction of sp³-hybridized carbons (Fsp3) is 0.714. The van der Waals surface area contributed by atoms with Crippen LogP contribution in [0.3, 0.4) is 0 Å². The Labute approximate surface area is 317 Å². The van der Waals surface area contributed by atoms with Gasteiger partial charge in [0, 0.05) is 12.8 Å². The molecule has 52 heavy (non-hydrogen) atoms. The van der Waals surface area contributed by atoms with Gasteiger partial charge in [0.15, 0.2) is 6.10 Å². The first-order valence-corrected chi connectivity index (χ1v) is 21.5. The monoisotopic (exact) mass is 753 g/mol. The average molecular weight is 753 g/mol. The zero-order valence-electron chi connectivity index (χ0n) is 33.5. The molecule has 0 bridgehead atoms. The fourth-order valence-corrected chi connectivity index (χ4v) is 5.63. The second kappa shape index (κ2) is 34.5. The quantitative estimate of drug-likeness (QED) is 0.0224. The molecule has 9 nitrogen and oxygen atoms in total. The van der Waals surface area contributed by atoms with Gasteiger partial charge in [-0.3, -0.25) is 18.6 Å². The first kappa shape index (κ1) is 49.7. The highest BCUT2D eigenvalue weighted by Gasteiger charge is 2.27. The Bertz CT molecular complexity index is 1080. The molecule has 0 aromatic heterocycles. The van der Waals surface area contributed by atoms with Gasteiger partial charge in [-0.25, -0.2) is 4.57 Å². The highest BCUT2D eigenvalue weighted by atomic mass is 31.2. The average Bonchev–Trinajstić information content (AvgIpc) is 3.09. The van der Waals surface area contributed by atoms with Crippen LogP contribution in [0.5, 0.6) is 0 Å². The number of unbranched alkanes of at least 4 members (excludes halogenated alkanes) is 11. The number of carbonyl (C=O) groups excluding carboxylic acids is 2. The van der Waals surface area contributed by atoms with E-state index in [1.165, 1.54) is 57.8 Å². The van der Waals surface area contributed by atoms with Crippen molar-refractivity contribution in [3.63, 3.8) is 0 Å². The lowest BCUT2D eigenvalue weighted by molar-refractivity contribution is -0.870. The van der Waals surface area contributed by atoms with E-state index in [1.807, 2.05) is 33.3 Å². The maximum absolute atomic E-state index is 12.6. The highest BCUT2D eigenvalue weighted by molar-refractivity contribution is 7.47. The number of likely N-dealkylation sites (N-methyl/N-ethyl adjacent to an activating group) is 1. The minimum atomic E-state index is -4.39. The zero-order valence-corrected chi connectivity index (χ0v) is 34.4. The maximum atomic E-state index is 12.6. The Kier molecular flexibility index (Phi) is 33.0. The number of hydrogen-bond acceptors (Lipinski definition) is 7. The predicted molar refractivity (Wildman–Crippen MR) is 215 cm³/mol. The van der Waals surface area contributed by atoms with E-state index in [-0.39, 0.29) is 26.1 Å². The van der Waals surface area contributed by atoms with Crippen LogP contribution in [-0.4, -0.2) is 74.9 Å². The van der Waals surface area contributed by atoms with E-state index < -0.39 is 32.5 Å². The van der Waals surface area contributed by atoms with Crippen LogP contribution in [0.1, 0.15) is 142 Å². The van der Waals surface area contributed by atoms with Crippen LogP contribution in [-0.2, 0) is 32.7 Å². The molecule has 0 aliphatic heterocycles. The van der Waals surface area contributed by atoms with Crippen LogP contribution in [0.25, 0.3) is 0 Å². The SMILES string of the molecule is CCC/C=C\C/C=C\C/C=C\C/C=C\C/C=C\CCC(=O)OC(COC(=O)CCCCCCCCCCCCC)COP(=O)(O)OCC[N+](C)(C)C. The Morgan fingerprint density at radius 2 is 1.08 bits per heavy atom. The van der Waals surface area contributed by atoms with Crippen molar-refractivity contribution in [2.24, 2.45) is 0 Å². The third-order valence-electron chi connectivity index (χ3n) is 8.05. The molecule has 0 heterocycles. The smallest absolute Gasteiger partial charge is 0.462 e. The molecule has 0 amide bonds. The predicted octanol–water partition coefficient (Wildman–Crippen LogP) is 10.9. The molecule has 10 heteroatoms. The van der Waals surface area contributed by atoms with Crippen molar-refractivity contribution >= 4 is 19.8 Å². The normalized spacial score (nSPS) is 14.3. The zero-order chi connectivity index (χ0) is 38.6. The van der Waals surface area contributed by atoms with Crippen molar-refractivity contribution in [1.82, 2.24) is 0 Å². The largest absolute Gasteiger partial charge is 0.472 e. The van der Waals surface area contributed by atoms with Gasteiger partial charge in [0.1, 0.15) is 19.8 Å². The van der Waals surface area contributed by atoms with E-state index >= 15 is 0 Å². The van der Waals surface area contributed by atoms with Crippen LogP contribution >= 0.6 is 7.82 Å². The lowest BCUT2D eigenvalue weighted by Crippen LogP contribution is -2.37. The molecule has 0 spiro atoms. The summed E-state index contributed by atoms with van der Waals surface area (Å²) in [5.41, 5.74) is 0. The highest BCUT2D eigenvalue weighted by Crippen LogP contribution is 2.43. The molecule has 1 N–H and O–H groups in total. The second-order valence-electron chi connectivity index (χ2n) is 14.3. The summed E-state index contributed by atoms with van der Waals surface area (Å²) in [6.07, 6.45) is 40.0. The van der Waals surface area contributed by atoms with Crippen LogP contribution in [0.2, 0.25) is 0 Å². The summed E-state index contributed by atoms with van der Waals surface area (Å²) in [6, 6.07) is 0. The molecule has 0 aromatic rings. The van der Waals surface area contributed by atoms with Crippen molar-refractivity contribution in [2.75, 3.05) is 47.5 Å². The molecular weight excluding hydrogens is 677 g/mol. The molecule has 0 saturated carbocycles. The molecule has 2 unspecified atom stereocenters. The van der Waals surface area contributed by atoms with E-state index in [1.54, 1.807) is 0 Å². The Morgan fingerprint density at radius 3 is 1.58 bits per heavy atom. The van der Waals surface area contributed by atoms with E-state index in [2.05, 4.69) is 62.5 Å². The summed E-state index contributed by atoms with van der Waals surface area (Å²) in [7, 11) is 1.42. The van der Waals surface area contributed by atoms with Gasteiger partial charge < -0.3 is 18.9 Å². The number of phosphoric ester groups is 1. The van der Waals surface area contributed by atoms with Gasteiger partial charge in [-0.15, -0.1) is 0 Å². The van der Waals surface area contributed by atoms with Gasteiger partial charge in [-0.2, -0.15) is 0 Å². The number of hydrogen-bond donors (Lipinski definition) is 1. The molecule has 0 rings (SSSR count). The molecule has 2 atom stereocenters. The maximum Gasteiger partial charge on any atom is 0.472 e. The summed E-state index contributed by atoms with van der Waals surface area (Å²) in [4.78, 5) is 35.2. The van der Waals surface area contributed by atoms with Gasteiger partial charge in [-0.1, -0.05) is 145 Å². The molecule has 0 aromatic carbocycles. The number of allylic oxidation sites excluding steroid dienone is 10. The number of ether oxygens (including phenoxy) is 2. The topological polar surface area (TPSA) is 108 Å². The van der Waals surface area contributed by atoms with Crippen molar-refractivity contribution in [3.8, 4) is 0 Å². The molecular formula is C42H75NO8P+. The molecule has 300 valence electrons. The number of phosphoric acid groups is 1. The number of quaternary nitrogens is 1. The van der Waals surface area contributed by atoms with Crippen LogP contribution in [0.4, 0.5) is 0 Å².